The number of hydrogen-bond acceptors (Lipinski definition) is 1. The molecule has 0 amide bonds. The van der Waals surface area contributed by atoms with Crippen LogP contribution in [0.4, 0.5) is 0 Å². The van der Waals surface area contributed by atoms with Gasteiger partial charge in [-0.2, -0.15) is 0 Å². The van der Waals surface area contributed by atoms with Crippen molar-refractivity contribution >= 4 is 0 Å². The monoisotopic (exact) mass is 577 g/mol. The van der Waals surface area contributed by atoms with E-state index in [-0.39, 0.29) is 0 Å². The third-order valence-electron chi connectivity index (χ3n) is 8.46. The first kappa shape index (κ1) is 28.3. The summed E-state index contributed by atoms with van der Waals surface area (Å²) in [5.41, 5.74) is 17.6. The van der Waals surface area contributed by atoms with E-state index >= 15 is 0 Å². The minimum Gasteiger partial charge on any atom is -0.248 e. The first-order chi connectivity index (χ1) is 22.0. The molecule has 0 bridgehead atoms. The Morgan fingerprint density at radius 1 is 0.267 bits per heavy atom. The summed E-state index contributed by atoms with van der Waals surface area (Å²) in [5, 5.41) is 0. The van der Waals surface area contributed by atoms with Gasteiger partial charge in [0.1, 0.15) is 0 Å². The zero-order valence-electron chi connectivity index (χ0n) is 26.0. The number of hydrogen-bond donors (Lipinski definition) is 0. The summed E-state index contributed by atoms with van der Waals surface area (Å²) < 4.78 is 0. The number of aryl methyl sites for hydroxylation is 3. The summed E-state index contributed by atoms with van der Waals surface area (Å²) >= 11 is 0. The predicted octanol–water partition coefficient (Wildman–Crippen LogP) is 12.0. The highest BCUT2D eigenvalue weighted by Crippen LogP contribution is 2.33. The molecule has 0 N–H and O–H groups in total. The van der Waals surface area contributed by atoms with Gasteiger partial charge in [0.15, 0.2) is 0 Å². The standard InChI is InChI=1S/C44H35N/c1-30-7-4-10-39(25-30)33-13-15-36(16-14-33)42-28-43(37-21-17-34(18-22-37)40-11-5-8-31(2)26-40)45-44(29-42)38-23-19-35(20-24-38)41-12-6-9-32(3)27-41/h4-29H,1-3H3. The van der Waals surface area contributed by atoms with Crippen molar-refractivity contribution in [3.63, 3.8) is 0 Å². The summed E-state index contributed by atoms with van der Waals surface area (Å²) in [4.78, 5) is 5.21. The van der Waals surface area contributed by atoms with E-state index in [9.17, 15) is 0 Å². The third kappa shape index (κ3) is 6.25. The fraction of sp³-hybridized carbons (Fsp3) is 0.0682. The summed E-state index contributed by atoms with van der Waals surface area (Å²) in [6, 6.07) is 56.8. The minimum absolute atomic E-state index is 0.962. The molecule has 7 rings (SSSR count). The second kappa shape index (κ2) is 12.2. The number of benzene rings is 6. The molecular formula is C44H35N. The van der Waals surface area contributed by atoms with Crippen LogP contribution in [0.5, 0.6) is 0 Å². The third-order valence-corrected chi connectivity index (χ3v) is 8.46. The van der Waals surface area contributed by atoms with Crippen molar-refractivity contribution < 1.29 is 0 Å². The van der Waals surface area contributed by atoms with Crippen LogP contribution in [0, 0.1) is 20.8 Å². The molecule has 0 aliphatic rings. The van der Waals surface area contributed by atoms with Crippen LogP contribution in [0.3, 0.4) is 0 Å². The largest absolute Gasteiger partial charge is 0.248 e. The van der Waals surface area contributed by atoms with E-state index in [1.165, 1.54) is 55.6 Å². The molecule has 0 aliphatic carbocycles. The van der Waals surface area contributed by atoms with Crippen molar-refractivity contribution in [3.8, 4) is 67.0 Å². The highest BCUT2D eigenvalue weighted by Gasteiger charge is 2.11. The van der Waals surface area contributed by atoms with Crippen molar-refractivity contribution in [2.75, 3.05) is 0 Å². The maximum atomic E-state index is 5.21. The van der Waals surface area contributed by atoms with Gasteiger partial charge in [-0.25, -0.2) is 4.98 Å². The van der Waals surface area contributed by atoms with Crippen LogP contribution < -0.4 is 0 Å². The normalized spacial score (nSPS) is 11.0. The summed E-state index contributed by atoms with van der Waals surface area (Å²) in [7, 11) is 0. The number of aromatic nitrogens is 1. The Balaban J connectivity index is 1.28. The highest BCUT2D eigenvalue weighted by atomic mass is 14.7. The van der Waals surface area contributed by atoms with Gasteiger partial charge in [0.25, 0.3) is 0 Å². The van der Waals surface area contributed by atoms with Crippen molar-refractivity contribution in [3.05, 3.63) is 174 Å². The smallest absolute Gasteiger partial charge is 0.0715 e. The fourth-order valence-corrected chi connectivity index (χ4v) is 5.99. The van der Waals surface area contributed by atoms with Crippen LogP contribution in [0.2, 0.25) is 0 Å². The van der Waals surface area contributed by atoms with Gasteiger partial charge >= 0.3 is 0 Å². The van der Waals surface area contributed by atoms with Crippen molar-refractivity contribution in [2.24, 2.45) is 0 Å². The molecule has 1 heteroatoms. The molecule has 6 aromatic carbocycles. The Morgan fingerprint density at radius 2 is 0.556 bits per heavy atom. The van der Waals surface area contributed by atoms with E-state index in [0.29, 0.717) is 0 Å². The minimum atomic E-state index is 0.962. The second-order valence-corrected chi connectivity index (χ2v) is 12.0. The molecule has 1 nitrogen and oxygen atoms in total. The van der Waals surface area contributed by atoms with E-state index in [2.05, 4.69) is 178 Å². The Bertz CT molecular complexity index is 1840. The highest BCUT2D eigenvalue weighted by molar-refractivity contribution is 5.80. The molecule has 0 fully saturated rings. The van der Waals surface area contributed by atoms with E-state index in [1.54, 1.807) is 0 Å². The molecule has 1 aromatic heterocycles. The SMILES string of the molecule is Cc1cccc(-c2ccc(-c3cc(-c4ccc(-c5cccc(C)c5)cc4)nc(-c4ccc(-c5cccc(C)c5)cc4)c3)cc2)c1. The van der Waals surface area contributed by atoms with Gasteiger partial charge in [0.2, 0.25) is 0 Å². The Labute approximate surface area is 266 Å². The second-order valence-electron chi connectivity index (χ2n) is 12.0. The Hall–Kier alpha value is -5.53. The van der Waals surface area contributed by atoms with E-state index in [1.807, 2.05) is 0 Å². The first-order valence-electron chi connectivity index (χ1n) is 15.5. The molecule has 0 unspecified atom stereocenters. The molecule has 0 aliphatic heterocycles. The van der Waals surface area contributed by atoms with Gasteiger partial charge in [-0.15, -0.1) is 0 Å². The van der Waals surface area contributed by atoms with Crippen molar-refractivity contribution in [1.29, 1.82) is 0 Å². The van der Waals surface area contributed by atoms with Crippen LogP contribution in [0.15, 0.2) is 158 Å². The number of nitrogens with zero attached hydrogens (tertiary/aromatic N) is 1. The molecule has 1 heterocycles. The summed E-state index contributed by atoms with van der Waals surface area (Å²) in [5.74, 6) is 0. The lowest BCUT2D eigenvalue weighted by Gasteiger charge is -2.12. The van der Waals surface area contributed by atoms with Crippen LogP contribution in [-0.2, 0) is 0 Å². The molecule has 0 saturated heterocycles. The zero-order chi connectivity index (χ0) is 30.8. The summed E-state index contributed by atoms with van der Waals surface area (Å²) in [6.07, 6.45) is 0. The topological polar surface area (TPSA) is 12.9 Å². The first-order valence-corrected chi connectivity index (χ1v) is 15.5. The lowest BCUT2D eigenvalue weighted by Crippen LogP contribution is -1.92. The number of pyridine rings is 1. The van der Waals surface area contributed by atoms with Gasteiger partial charge in [0, 0.05) is 11.1 Å². The van der Waals surface area contributed by atoms with Crippen LogP contribution in [-0.4, -0.2) is 4.98 Å². The Morgan fingerprint density at radius 3 is 0.867 bits per heavy atom. The van der Waals surface area contributed by atoms with E-state index in [0.717, 1.165) is 28.1 Å². The van der Waals surface area contributed by atoms with Gasteiger partial charge in [-0.3, -0.25) is 0 Å². The molecule has 216 valence electrons. The number of rotatable bonds is 6. The molecule has 0 spiro atoms. The lowest BCUT2D eigenvalue weighted by atomic mass is 9.96. The predicted molar refractivity (Wildman–Crippen MR) is 191 cm³/mol. The fourth-order valence-electron chi connectivity index (χ4n) is 5.99. The summed E-state index contributed by atoms with van der Waals surface area (Å²) in [6.45, 7) is 6.41. The van der Waals surface area contributed by atoms with Gasteiger partial charge in [-0.1, -0.05) is 162 Å². The molecule has 0 atom stereocenters. The molecule has 45 heavy (non-hydrogen) atoms. The van der Waals surface area contributed by atoms with Crippen LogP contribution in [0.25, 0.3) is 67.0 Å². The quantitative estimate of drug-likeness (QED) is 0.192. The zero-order valence-corrected chi connectivity index (χ0v) is 26.0. The Kier molecular flexibility index (Phi) is 7.68. The lowest BCUT2D eigenvalue weighted by molar-refractivity contribution is 1.32. The maximum absolute atomic E-state index is 5.21. The van der Waals surface area contributed by atoms with Crippen LogP contribution in [0.1, 0.15) is 16.7 Å². The van der Waals surface area contributed by atoms with Crippen molar-refractivity contribution in [2.45, 2.75) is 20.8 Å². The molecular weight excluding hydrogens is 542 g/mol. The molecule has 0 radical (unpaired) electrons. The van der Waals surface area contributed by atoms with Gasteiger partial charge < -0.3 is 0 Å². The van der Waals surface area contributed by atoms with Gasteiger partial charge in [0.05, 0.1) is 11.4 Å². The van der Waals surface area contributed by atoms with Gasteiger partial charge in [-0.05, 0) is 77.4 Å². The maximum Gasteiger partial charge on any atom is 0.0715 e. The average molecular weight is 578 g/mol. The van der Waals surface area contributed by atoms with Crippen molar-refractivity contribution in [1.82, 2.24) is 4.98 Å². The van der Waals surface area contributed by atoms with E-state index < -0.39 is 0 Å². The van der Waals surface area contributed by atoms with E-state index in [4.69, 9.17) is 4.98 Å². The molecule has 0 saturated carbocycles. The molecule has 7 aromatic rings. The average Bonchev–Trinajstić information content (AvgIpc) is 3.08. The van der Waals surface area contributed by atoms with Crippen LogP contribution >= 0.6 is 0 Å².